The molecule has 1 aromatic heterocycles. The molecule has 0 bridgehead atoms. The molecule has 5 heteroatoms. The second kappa shape index (κ2) is 3.29. The van der Waals surface area contributed by atoms with Gasteiger partial charge in [0.1, 0.15) is 11.0 Å². The molecule has 0 atom stereocenters. The molecule has 0 unspecified atom stereocenters. The highest BCUT2D eigenvalue weighted by Gasteiger charge is 2.13. The fraction of sp³-hybridized carbons (Fsp3) is 0.250. The van der Waals surface area contributed by atoms with Crippen molar-refractivity contribution in [2.75, 3.05) is 0 Å². The molecule has 0 radical (unpaired) electrons. The third-order valence-electron chi connectivity index (χ3n) is 2.05. The van der Waals surface area contributed by atoms with E-state index >= 15 is 0 Å². The van der Waals surface area contributed by atoms with Gasteiger partial charge in [0.05, 0.1) is 11.7 Å². The summed E-state index contributed by atoms with van der Waals surface area (Å²) in [7, 11) is 0. The molecular formula is C8H6Br2N2S. The van der Waals surface area contributed by atoms with E-state index in [1.165, 1.54) is 11.7 Å². The number of aryl methyl sites for hydroxylation is 2. The molecule has 0 spiro atoms. The van der Waals surface area contributed by atoms with Gasteiger partial charge in [-0.05, 0) is 56.8 Å². The monoisotopic (exact) mass is 320 g/mol. The van der Waals surface area contributed by atoms with Crippen molar-refractivity contribution in [3.63, 3.8) is 0 Å². The molecule has 0 aliphatic heterocycles. The van der Waals surface area contributed by atoms with Gasteiger partial charge in [-0.3, -0.25) is 0 Å². The third kappa shape index (κ3) is 1.33. The van der Waals surface area contributed by atoms with Crippen LogP contribution in [0, 0.1) is 13.8 Å². The van der Waals surface area contributed by atoms with E-state index in [1.807, 2.05) is 13.8 Å². The number of fused-ring (bicyclic) bond motifs is 1. The third-order valence-corrected chi connectivity index (χ3v) is 5.09. The van der Waals surface area contributed by atoms with Gasteiger partial charge in [0.25, 0.3) is 0 Å². The standard InChI is InChI=1S/C8H6Br2N2S/c1-3-5(9)6(10)4(2)8-7(3)11-13-12-8/h1-2H3. The summed E-state index contributed by atoms with van der Waals surface area (Å²) in [6.45, 7) is 4.08. The van der Waals surface area contributed by atoms with Crippen molar-refractivity contribution >= 4 is 54.6 Å². The van der Waals surface area contributed by atoms with Crippen LogP contribution in [0.15, 0.2) is 8.95 Å². The van der Waals surface area contributed by atoms with Crippen LogP contribution < -0.4 is 0 Å². The van der Waals surface area contributed by atoms with Crippen LogP contribution in [-0.2, 0) is 0 Å². The number of hydrogen-bond acceptors (Lipinski definition) is 3. The Labute approximate surface area is 96.9 Å². The Hall–Kier alpha value is -0.0000000000000000555. The van der Waals surface area contributed by atoms with Crippen molar-refractivity contribution in [1.29, 1.82) is 0 Å². The van der Waals surface area contributed by atoms with Gasteiger partial charge in [-0.1, -0.05) is 0 Å². The first-order chi connectivity index (χ1) is 6.13. The van der Waals surface area contributed by atoms with E-state index in [-0.39, 0.29) is 0 Å². The largest absolute Gasteiger partial charge is 0.173 e. The molecular weight excluding hydrogens is 316 g/mol. The number of halogens is 2. The minimum absolute atomic E-state index is 0.998. The quantitative estimate of drug-likeness (QED) is 0.737. The van der Waals surface area contributed by atoms with Crippen molar-refractivity contribution in [3.05, 3.63) is 20.1 Å². The van der Waals surface area contributed by atoms with Gasteiger partial charge >= 0.3 is 0 Å². The first kappa shape index (κ1) is 9.55. The van der Waals surface area contributed by atoms with Gasteiger partial charge in [-0.25, -0.2) is 0 Å². The van der Waals surface area contributed by atoms with Crippen molar-refractivity contribution in [3.8, 4) is 0 Å². The predicted molar refractivity (Wildman–Crippen MR) is 62.3 cm³/mol. The van der Waals surface area contributed by atoms with E-state index in [2.05, 4.69) is 40.6 Å². The fourth-order valence-electron chi connectivity index (χ4n) is 1.22. The summed E-state index contributed by atoms with van der Waals surface area (Å²) in [5.74, 6) is 0. The summed E-state index contributed by atoms with van der Waals surface area (Å²) >= 11 is 8.31. The van der Waals surface area contributed by atoms with Crippen LogP contribution in [0.25, 0.3) is 11.0 Å². The van der Waals surface area contributed by atoms with E-state index in [0.29, 0.717) is 0 Å². The lowest BCUT2D eigenvalue weighted by molar-refractivity contribution is 1.36. The van der Waals surface area contributed by atoms with E-state index in [9.17, 15) is 0 Å². The zero-order chi connectivity index (χ0) is 9.59. The molecule has 0 aliphatic carbocycles. The Morgan fingerprint density at radius 3 is 1.69 bits per heavy atom. The lowest BCUT2D eigenvalue weighted by atomic mass is 10.1. The molecule has 0 amide bonds. The molecule has 2 rings (SSSR count). The Morgan fingerprint density at radius 1 is 0.923 bits per heavy atom. The number of aromatic nitrogens is 2. The average Bonchev–Trinajstić information content (AvgIpc) is 2.59. The fourth-order valence-corrected chi connectivity index (χ4v) is 2.84. The summed E-state index contributed by atoms with van der Waals surface area (Å²) in [6, 6.07) is 0. The molecule has 68 valence electrons. The highest BCUT2D eigenvalue weighted by atomic mass is 79.9. The van der Waals surface area contributed by atoms with Gasteiger partial charge in [0.2, 0.25) is 0 Å². The highest BCUT2D eigenvalue weighted by molar-refractivity contribution is 9.13. The summed E-state index contributed by atoms with van der Waals surface area (Å²) < 4.78 is 10.7. The molecule has 1 heterocycles. The van der Waals surface area contributed by atoms with Crippen LogP contribution >= 0.6 is 43.6 Å². The molecule has 0 aliphatic rings. The first-order valence-corrected chi connectivity index (χ1v) is 6.01. The number of hydrogen-bond donors (Lipinski definition) is 0. The molecule has 2 aromatic rings. The Morgan fingerprint density at radius 2 is 1.31 bits per heavy atom. The van der Waals surface area contributed by atoms with Crippen LogP contribution in [0.5, 0.6) is 0 Å². The normalized spacial score (nSPS) is 11.1. The smallest absolute Gasteiger partial charge is 0.109 e. The Kier molecular flexibility index (Phi) is 2.42. The van der Waals surface area contributed by atoms with Gasteiger partial charge < -0.3 is 0 Å². The summed E-state index contributed by atoms with van der Waals surface area (Å²) in [4.78, 5) is 0. The number of rotatable bonds is 0. The van der Waals surface area contributed by atoms with Crippen LogP contribution in [-0.4, -0.2) is 8.75 Å². The molecule has 2 nitrogen and oxygen atoms in total. The zero-order valence-corrected chi connectivity index (χ0v) is 11.0. The van der Waals surface area contributed by atoms with Crippen LogP contribution in [0.3, 0.4) is 0 Å². The second-order valence-corrected chi connectivity index (χ2v) is 4.95. The van der Waals surface area contributed by atoms with E-state index in [4.69, 9.17) is 0 Å². The summed E-state index contributed by atoms with van der Waals surface area (Å²) in [5, 5.41) is 0. The lowest BCUT2D eigenvalue weighted by Gasteiger charge is -2.05. The summed E-state index contributed by atoms with van der Waals surface area (Å²) in [6.07, 6.45) is 0. The number of nitrogens with zero attached hydrogens (tertiary/aromatic N) is 2. The SMILES string of the molecule is Cc1c(Br)c(Br)c(C)c2nsnc12. The van der Waals surface area contributed by atoms with Crippen LogP contribution in [0.2, 0.25) is 0 Å². The molecule has 13 heavy (non-hydrogen) atoms. The Bertz CT molecular complexity index is 436. The number of benzene rings is 1. The van der Waals surface area contributed by atoms with Gasteiger partial charge in [-0.2, -0.15) is 8.75 Å². The Balaban J connectivity index is 3.02. The zero-order valence-electron chi connectivity index (χ0n) is 7.06. The molecule has 0 saturated carbocycles. The molecule has 0 saturated heterocycles. The van der Waals surface area contributed by atoms with Crippen LogP contribution in [0.1, 0.15) is 11.1 Å². The van der Waals surface area contributed by atoms with Crippen LogP contribution in [0.4, 0.5) is 0 Å². The van der Waals surface area contributed by atoms with E-state index in [1.54, 1.807) is 0 Å². The molecule has 1 aromatic carbocycles. The average molecular weight is 322 g/mol. The maximum atomic E-state index is 4.26. The van der Waals surface area contributed by atoms with Gasteiger partial charge in [-0.15, -0.1) is 0 Å². The van der Waals surface area contributed by atoms with Gasteiger partial charge in [0.15, 0.2) is 0 Å². The van der Waals surface area contributed by atoms with E-state index in [0.717, 1.165) is 31.1 Å². The molecule has 0 fully saturated rings. The van der Waals surface area contributed by atoms with Crippen molar-refractivity contribution in [2.24, 2.45) is 0 Å². The predicted octanol–water partition coefficient (Wildman–Crippen LogP) is 3.83. The van der Waals surface area contributed by atoms with E-state index < -0.39 is 0 Å². The highest BCUT2D eigenvalue weighted by Crippen LogP contribution is 2.35. The maximum absolute atomic E-state index is 4.26. The minimum atomic E-state index is 0.998. The summed E-state index contributed by atoms with van der Waals surface area (Å²) in [5.41, 5.74) is 4.28. The first-order valence-electron chi connectivity index (χ1n) is 3.69. The lowest BCUT2D eigenvalue weighted by Crippen LogP contribution is -1.86. The molecule has 0 N–H and O–H groups in total. The van der Waals surface area contributed by atoms with Crippen molar-refractivity contribution < 1.29 is 0 Å². The van der Waals surface area contributed by atoms with Gasteiger partial charge in [0, 0.05) is 8.95 Å². The van der Waals surface area contributed by atoms with Crippen molar-refractivity contribution in [1.82, 2.24) is 8.75 Å². The maximum Gasteiger partial charge on any atom is 0.109 e. The van der Waals surface area contributed by atoms with Crippen molar-refractivity contribution in [2.45, 2.75) is 13.8 Å². The second-order valence-electron chi connectivity index (χ2n) is 2.84. The topological polar surface area (TPSA) is 25.8 Å². The minimum Gasteiger partial charge on any atom is -0.173 e.